The van der Waals surface area contributed by atoms with Crippen LogP contribution in [0.15, 0.2) is 28.7 Å². The third-order valence-corrected chi connectivity index (χ3v) is 2.20. The molecule has 0 fully saturated rings. The number of hydrogen-bond donors (Lipinski definition) is 2. The van der Waals surface area contributed by atoms with Crippen molar-refractivity contribution in [1.29, 1.82) is 5.41 Å². The quantitative estimate of drug-likeness (QED) is 0.770. The Morgan fingerprint density at radius 2 is 2.08 bits per heavy atom. The van der Waals surface area contributed by atoms with E-state index in [4.69, 9.17) is 11.1 Å². The normalized spacial score (nSPS) is 12.2. The fraction of sp³-hybridized carbons (Fsp3) is 0. The van der Waals surface area contributed by atoms with Crippen molar-refractivity contribution in [2.45, 2.75) is 0 Å². The monoisotopic (exact) mass is 242 g/mol. The minimum absolute atomic E-state index is 0.230. The lowest BCUT2D eigenvalue weighted by Gasteiger charge is -2.03. The summed E-state index contributed by atoms with van der Waals surface area (Å²) in [7, 11) is 0. The van der Waals surface area contributed by atoms with Crippen LogP contribution in [0.4, 0.5) is 4.39 Å². The van der Waals surface area contributed by atoms with Gasteiger partial charge in [0, 0.05) is 11.8 Å². The van der Waals surface area contributed by atoms with Crippen molar-refractivity contribution in [3.8, 4) is 0 Å². The topological polar surface area (TPSA) is 49.9 Å². The first-order chi connectivity index (χ1) is 6.16. The first-order valence-corrected chi connectivity index (χ1v) is 4.36. The highest BCUT2D eigenvalue weighted by Crippen LogP contribution is 2.18. The van der Waals surface area contributed by atoms with Crippen LogP contribution in [0.5, 0.6) is 0 Å². The Bertz CT molecular complexity index is 360. The molecule has 0 saturated heterocycles. The molecule has 0 aliphatic carbocycles. The Labute approximate surface area is 83.9 Å². The predicted octanol–water partition coefficient (Wildman–Crippen LogP) is 2.50. The van der Waals surface area contributed by atoms with Crippen molar-refractivity contribution in [3.63, 3.8) is 0 Å². The summed E-state index contributed by atoms with van der Waals surface area (Å²) in [5.41, 5.74) is 6.12. The van der Waals surface area contributed by atoms with E-state index in [1.165, 1.54) is 6.07 Å². The summed E-state index contributed by atoms with van der Waals surface area (Å²) in [6.07, 6.45) is 1.03. The second-order valence-electron chi connectivity index (χ2n) is 2.39. The van der Waals surface area contributed by atoms with E-state index in [1.807, 2.05) is 0 Å². The van der Waals surface area contributed by atoms with Gasteiger partial charge in [0.1, 0.15) is 5.82 Å². The van der Waals surface area contributed by atoms with E-state index in [0.29, 0.717) is 10.0 Å². The van der Waals surface area contributed by atoms with Crippen LogP contribution in [-0.2, 0) is 0 Å². The molecule has 0 saturated carbocycles. The molecular formula is C9H8BrFN2. The van der Waals surface area contributed by atoms with Crippen molar-refractivity contribution in [1.82, 2.24) is 0 Å². The highest BCUT2D eigenvalue weighted by molar-refractivity contribution is 9.12. The van der Waals surface area contributed by atoms with Gasteiger partial charge >= 0.3 is 0 Å². The Hall–Kier alpha value is -1.16. The van der Waals surface area contributed by atoms with Crippen LogP contribution in [0, 0.1) is 11.2 Å². The molecule has 0 aliphatic heterocycles. The highest BCUT2D eigenvalue weighted by Gasteiger charge is 2.05. The number of hydrogen-bond acceptors (Lipinski definition) is 2. The van der Waals surface area contributed by atoms with E-state index in [-0.39, 0.29) is 11.5 Å². The summed E-state index contributed by atoms with van der Waals surface area (Å²) in [6, 6.07) is 6.17. The van der Waals surface area contributed by atoms with Crippen LogP contribution in [-0.4, -0.2) is 6.21 Å². The SMILES string of the molecule is N=CC(Br)=C(N)c1ccccc1F. The van der Waals surface area contributed by atoms with Crippen molar-refractivity contribution >= 4 is 27.8 Å². The molecule has 0 aromatic heterocycles. The summed E-state index contributed by atoms with van der Waals surface area (Å²) in [5, 5.41) is 6.93. The molecule has 1 rings (SSSR count). The number of halogens is 2. The Morgan fingerprint density at radius 1 is 1.46 bits per heavy atom. The maximum atomic E-state index is 13.1. The van der Waals surface area contributed by atoms with E-state index in [0.717, 1.165) is 6.21 Å². The molecule has 68 valence electrons. The van der Waals surface area contributed by atoms with Crippen LogP contribution >= 0.6 is 15.9 Å². The molecule has 0 amide bonds. The molecule has 1 aromatic carbocycles. The molecule has 4 heteroatoms. The molecule has 13 heavy (non-hydrogen) atoms. The van der Waals surface area contributed by atoms with Crippen LogP contribution in [0.3, 0.4) is 0 Å². The van der Waals surface area contributed by atoms with Gasteiger partial charge in [0.15, 0.2) is 0 Å². The van der Waals surface area contributed by atoms with E-state index in [9.17, 15) is 4.39 Å². The summed E-state index contributed by atoms with van der Waals surface area (Å²) < 4.78 is 13.5. The number of allylic oxidation sites excluding steroid dienone is 1. The second kappa shape index (κ2) is 4.18. The Kier molecular flexibility index (Phi) is 3.19. The van der Waals surface area contributed by atoms with Gasteiger partial charge < -0.3 is 11.1 Å². The number of nitrogens with one attached hydrogen (secondary N) is 1. The molecule has 0 unspecified atom stereocenters. The zero-order valence-corrected chi connectivity index (χ0v) is 8.31. The van der Waals surface area contributed by atoms with Crippen molar-refractivity contribution in [2.24, 2.45) is 5.73 Å². The standard InChI is InChI=1S/C9H8BrFN2/c10-7(5-12)9(13)6-3-1-2-4-8(6)11/h1-5,12H,13H2. The van der Waals surface area contributed by atoms with E-state index < -0.39 is 0 Å². The largest absolute Gasteiger partial charge is 0.397 e. The average Bonchev–Trinajstić information content (AvgIpc) is 2.16. The summed E-state index contributed by atoms with van der Waals surface area (Å²) in [4.78, 5) is 0. The van der Waals surface area contributed by atoms with Gasteiger partial charge in [0.05, 0.1) is 10.2 Å². The van der Waals surface area contributed by atoms with Gasteiger partial charge in [-0.15, -0.1) is 0 Å². The maximum absolute atomic E-state index is 13.1. The zero-order chi connectivity index (χ0) is 9.84. The number of benzene rings is 1. The fourth-order valence-corrected chi connectivity index (χ4v) is 1.10. The molecule has 0 radical (unpaired) electrons. The van der Waals surface area contributed by atoms with Gasteiger partial charge in [0.2, 0.25) is 0 Å². The summed E-state index contributed by atoms with van der Waals surface area (Å²) >= 11 is 3.06. The molecule has 0 spiro atoms. The van der Waals surface area contributed by atoms with Gasteiger partial charge in [-0.05, 0) is 28.1 Å². The number of rotatable bonds is 2. The minimum Gasteiger partial charge on any atom is -0.397 e. The summed E-state index contributed by atoms with van der Waals surface area (Å²) in [6.45, 7) is 0. The van der Waals surface area contributed by atoms with Crippen molar-refractivity contribution in [2.75, 3.05) is 0 Å². The maximum Gasteiger partial charge on any atom is 0.132 e. The van der Waals surface area contributed by atoms with Crippen LogP contribution in [0.2, 0.25) is 0 Å². The van der Waals surface area contributed by atoms with Crippen molar-refractivity contribution < 1.29 is 4.39 Å². The van der Waals surface area contributed by atoms with Crippen LogP contribution < -0.4 is 5.73 Å². The second-order valence-corrected chi connectivity index (χ2v) is 3.24. The first-order valence-electron chi connectivity index (χ1n) is 3.57. The molecule has 0 heterocycles. The predicted molar refractivity (Wildman–Crippen MR) is 55.2 cm³/mol. The Morgan fingerprint density at radius 3 is 2.62 bits per heavy atom. The first kappa shape index (κ1) is 9.92. The molecule has 0 bridgehead atoms. The van der Waals surface area contributed by atoms with Gasteiger partial charge in [-0.25, -0.2) is 4.39 Å². The third kappa shape index (κ3) is 2.15. The minimum atomic E-state index is -0.390. The molecular weight excluding hydrogens is 235 g/mol. The van der Waals surface area contributed by atoms with Crippen LogP contribution in [0.25, 0.3) is 5.70 Å². The smallest absolute Gasteiger partial charge is 0.132 e. The lowest BCUT2D eigenvalue weighted by atomic mass is 10.1. The van der Waals surface area contributed by atoms with Gasteiger partial charge in [0.25, 0.3) is 0 Å². The molecule has 3 N–H and O–H groups in total. The van der Waals surface area contributed by atoms with Gasteiger partial charge in [-0.1, -0.05) is 12.1 Å². The number of nitrogens with two attached hydrogens (primary N) is 1. The average molecular weight is 243 g/mol. The fourth-order valence-electron chi connectivity index (χ4n) is 0.886. The Balaban J connectivity index is 3.23. The van der Waals surface area contributed by atoms with Gasteiger partial charge in [-0.3, -0.25) is 0 Å². The molecule has 1 aromatic rings. The van der Waals surface area contributed by atoms with Crippen LogP contribution in [0.1, 0.15) is 5.56 Å². The molecule has 0 atom stereocenters. The third-order valence-electron chi connectivity index (χ3n) is 1.55. The lowest BCUT2D eigenvalue weighted by molar-refractivity contribution is 0.624. The summed E-state index contributed by atoms with van der Waals surface area (Å²) in [5.74, 6) is -0.390. The van der Waals surface area contributed by atoms with E-state index >= 15 is 0 Å². The highest BCUT2D eigenvalue weighted by atomic mass is 79.9. The van der Waals surface area contributed by atoms with Crippen molar-refractivity contribution in [3.05, 3.63) is 40.1 Å². The van der Waals surface area contributed by atoms with Gasteiger partial charge in [-0.2, -0.15) is 0 Å². The molecule has 0 aliphatic rings. The molecule has 2 nitrogen and oxygen atoms in total. The van der Waals surface area contributed by atoms with E-state index in [1.54, 1.807) is 18.2 Å². The lowest BCUT2D eigenvalue weighted by Crippen LogP contribution is -2.01. The van der Waals surface area contributed by atoms with E-state index in [2.05, 4.69) is 15.9 Å². The zero-order valence-electron chi connectivity index (χ0n) is 6.72.